The highest BCUT2D eigenvalue weighted by Crippen LogP contribution is 2.26. The predicted molar refractivity (Wildman–Crippen MR) is 77.5 cm³/mol. The third-order valence-corrected chi connectivity index (χ3v) is 4.54. The third-order valence-electron chi connectivity index (χ3n) is 4.54. The molecule has 1 N–H and O–H groups in total. The molecule has 0 aromatic carbocycles. The summed E-state index contributed by atoms with van der Waals surface area (Å²) >= 11 is 0. The molecule has 1 aliphatic heterocycles. The zero-order valence-electron chi connectivity index (χ0n) is 12.2. The van der Waals surface area contributed by atoms with Crippen LogP contribution in [0.25, 0.3) is 0 Å². The summed E-state index contributed by atoms with van der Waals surface area (Å²) in [5.41, 5.74) is 1.12. The van der Waals surface area contributed by atoms with Gasteiger partial charge in [-0.05, 0) is 31.7 Å². The average molecular weight is 276 g/mol. The lowest BCUT2D eigenvalue weighted by Crippen LogP contribution is -2.47. The molecule has 2 fully saturated rings. The van der Waals surface area contributed by atoms with E-state index in [-0.39, 0.29) is 6.03 Å². The monoisotopic (exact) mass is 276 g/mol. The maximum Gasteiger partial charge on any atom is 0.317 e. The van der Waals surface area contributed by atoms with Crippen molar-refractivity contribution >= 4 is 6.03 Å². The number of aromatic nitrogens is 2. The van der Waals surface area contributed by atoms with Gasteiger partial charge in [-0.3, -0.25) is 4.68 Å². The van der Waals surface area contributed by atoms with Crippen LogP contribution < -0.4 is 5.32 Å². The van der Waals surface area contributed by atoms with Crippen molar-refractivity contribution in [3.63, 3.8) is 0 Å². The summed E-state index contributed by atoms with van der Waals surface area (Å²) in [5, 5.41) is 7.68. The largest absolute Gasteiger partial charge is 0.335 e. The van der Waals surface area contributed by atoms with Gasteiger partial charge < -0.3 is 10.2 Å². The molecule has 0 radical (unpaired) electrons. The standard InChI is InChI=1S/C15H24N4O/c1-18-10-8-14(17-18)12-5-4-9-19(11-12)15(20)16-13-6-2-3-7-13/h8,10,12-13H,2-7,9,11H2,1H3,(H,16,20)/t12-/m0/s1. The van der Waals surface area contributed by atoms with Gasteiger partial charge in [0.1, 0.15) is 0 Å². The van der Waals surface area contributed by atoms with Crippen LogP contribution in [-0.4, -0.2) is 39.8 Å². The number of hydrogen-bond acceptors (Lipinski definition) is 2. The van der Waals surface area contributed by atoms with Crippen LogP contribution in [0.1, 0.15) is 50.1 Å². The number of amides is 2. The summed E-state index contributed by atoms with van der Waals surface area (Å²) in [5.74, 6) is 0.388. The van der Waals surface area contributed by atoms with Crippen molar-refractivity contribution in [3.05, 3.63) is 18.0 Å². The maximum atomic E-state index is 12.3. The molecule has 3 rings (SSSR count). The zero-order chi connectivity index (χ0) is 13.9. The van der Waals surface area contributed by atoms with Crippen LogP contribution in [-0.2, 0) is 7.05 Å². The Kier molecular flexibility index (Phi) is 3.94. The highest BCUT2D eigenvalue weighted by molar-refractivity contribution is 5.74. The summed E-state index contributed by atoms with van der Waals surface area (Å²) in [6.07, 6.45) is 8.96. The van der Waals surface area contributed by atoms with E-state index in [0.717, 1.165) is 44.5 Å². The van der Waals surface area contributed by atoms with E-state index in [1.807, 2.05) is 22.8 Å². The molecule has 1 aliphatic carbocycles. The summed E-state index contributed by atoms with van der Waals surface area (Å²) in [6, 6.07) is 2.60. The van der Waals surface area contributed by atoms with Gasteiger partial charge >= 0.3 is 6.03 Å². The van der Waals surface area contributed by atoms with Crippen molar-refractivity contribution in [2.75, 3.05) is 13.1 Å². The maximum absolute atomic E-state index is 12.3. The number of piperidine rings is 1. The van der Waals surface area contributed by atoms with E-state index >= 15 is 0 Å². The number of carbonyl (C=O) groups is 1. The Morgan fingerprint density at radius 1 is 1.30 bits per heavy atom. The topological polar surface area (TPSA) is 50.2 Å². The Morgan fingerprint density at radius 3 is 2.80 bits per heavy atom. The molecule has 110 valence electrons. The van der Waals surface area contributed by atoms with Gasteiger partial charge in [-0.2, -0.15) is 5.10 Å². The van der Waals surface area contributed by atoms with E-state index in [2.05, 4.69) is 16.5 Å². The summed E-state index contributed by atoms with van der Waals surface area (Å²) in [4.78, 5) is 14.3. The molecule has 1 atom stereocenters. The van der Waals surface area contributed by atoms with E-state index in [1.165, 1.54) is 12.8 Å². The molecule has 1 saturated carbocycles. The van der Waals surface area contributed by atoms with Gasteiger partial charge in [0, 0.05) is 38.3 Å². The smallest absolute Gasteiger partial charge is 0.317 e. The van der Waals surface area contributed by atoms with Gasteiger partial charge in [0.2, 0.25) is 0 Å². The fourth-order valence-electron chi connectivity index (χ4n) is 3.39. The first-order valence-corrected chi connectivity index (χ1v) is 7.77. The second-order valence-electron chi connectivity index (χ2n) is 6.13. The minimum atomic E-state index is 0.123. The fourth-order valence-corrected chi connectivity index (χ4v) is 3.39. The Balaban J connectivity index is 1.58. The highest BCUT2D eigenvalue weighted by Gasteiger charge is 2.27. The van der Waals surface area contributed by atoms with Gasteiger partial charge in [0.25, 0.3) is 0 Å². The molecular formula is C15H24N4O. The molecule has 2 aliphatic rings. The second kappa shape index (κ2) is 5.85. The quantitative estimate of drug-likeness (QED) is 0.900. The van der Waals surface area contributed by atoms with Gasteiger partial charge in [-0.1, -0.05) is 12.8 Å². The van der Waals surface area contributed by atoms with Crippen LogP contribution in [0.15, 0.2) is 12.3 Å². The minimum Gasteiger partial charge on any atom is -0.335 e. The van der Waals surface area contributed by atoms with Crippen molar-refractivity contribution < 1.29 is 4.79 Å². The minimum absolute atomic E-state index is 0.123. The lowest BCUT2D eigenvalue weighted by Gasteiger charge is -2.32. The molecule has 2 heterocycles. The van der Waals surface area contributed by atoms with Crippen molar-refractivity contribution in [2.24, 2.45) is 7.05 Å². The molecule has 1 saturated heterocycles. The number of carbonyl (C=O) groups excluding carboxylic acids is 1. The van der Waals surface area contributed by atoms with Crippen LogP contribution >= 0.6 is 0 Å². The van der Waals surface area contributed by atoms with Crippen LogP contribution in [0, 0.1) is 0 Å². The predicted octanol–water partition coefficient (Wildman–Crippen LogP) is 2.25. The first kappa shape index (κ1) is 13.5. The summed E-state index contributed by atoms with van der Waals surface area (Å²) in [7, 11) is 1.94. The normalized spacial score (nSPS) is 24.1. The van der Waals surface area contributed by atoms with E-state index in [4.69, 9.17) is 0 Å². The highest BCUT2D eigenvalue weighted by atomic mass is 16.2. The summed E-state index contributed by atoms with van der Waals surface area (Å²) in [6.45, 7) is 1.68. The molecule has 0 spiro atoms. The molecule has 5 heteroatoms. The van der Waals surface area contributed by atoms with Crippen molar-refractivity contribution in [1.29, 1.82) is 0 Å². The molecule has 2 amide bonds. The number of rotatable bonds is 2. The van der Waals surface area contributed by atoms with Gasteiger partial charge in [0.05, 0.1) is 5.69 Å². The lowest BCUT2D eigenvalue weighted by atomic mass is 9.95. The fraction of sp³-hybridized carbons (Fsp3) is 0.733. The van der Waals surface area contributed by atoms with Gasteiger partial charge in [-0.25, -0.2) is 4.79 Å². The van der Waals surface area contributed by atoms with E-state index in [0.29, 0.717) is 12.0 Å². The van der Waals surface area contributed by atoms with E-state index in [9.17, 15) is 4.79 Å². The molecular weight excluding hydrogens is 252 g/mol. The van der Waals surface area contributed by atoms with Crippen LogP contribution in [0.4, 0.5) is 4.79 Å². The molecule has 1 aromatic rings. The van der Waals surface area contributed by atoms with Crippen LogP contribution in [0.2, 0.25) is 0 Å². The molecule has 20 heavy (non-hydrogen) atoms. The second-order valence-corrected chi connectivity index (χ2v) is 6.13. The lowest BCUT2D eigenvalue weighted by molar-refractivity contribution is 0.175. The number of likely N-dealkylation sites (tertiary alicyclic amines) is 1. The van der Waals surface area contributed by atoms with Crippen molar-refractivity contribution in [3.8, 4) is 0 Å². The van der Waals surface area contributed by atoms with Crippen molar-refractivity contribution in [1.82, 2.24) is 20.0 Å². The first-order valence-electron chi connectivity index (χ1n) is 7.77. The van der Waals surface area contributed by atoms with E-state index < -0.39 is 0 Å². The summed E-state index contributed by atoms with van der Waals surface area (Å²) < 4.78 is 1.84. The number of nitrogens with one attached hydrogen (secondary N) is 1. The number of hydrogen-bond donors (Lipinski definition) is 1. The van der Waals surface area contributed by atoms with Gasteiger partial charge in [-0.15, -0.1) is 0 Å². The number of aryl methyl sites for hydroxylation is 1. The van der Waals surface area contributed by atoms with Crippen molar-refractivity contribution in [2.45, 2.75) is 50.5 Å². The number of urea groups is 1. The Hall–Kier alpha value is -1.52. The Labute approximate surface area is 120 Å². The molecule has 1 aromatic heterocycles. The molecule has 0 bridgehead atoms. The number of nitrogens with zero attached hydrogens (tertiary/aromatic N) is 3. The molecule has 5 nitrogen and oxygen atoms in total. The molecule has 0 unspecified atom stereocenters. The zero-order valence-corrected chi connectivity index (χ0v) is 12.2. The van der Waals surface area contributed by atoms with Crippen LogP contribution in [0.3, 0.4) is 0 Å². The Morgan fingerprint density at radius 2 is 2.10 bits per heavy atom. The average Bonchev–Trinajstić information content (AvgIpc) is 3.10. The first-order chi connectivity index (χ1) is 9.72. The van der Waals surface area contributed by atoms with Gasteiger partial charge in [0.15, 0.2) is 0 Å². The van der Waals surface area contributed by atoms with E-state index in [1.54, 1.807) is 0 Å². The SMILES string of the molecule is Cn1ccc([C@H]2CCCN(C(=O)NC3CCCC3)C2)n1. The Bertz CT molecular complexity index is 464. The third kappa shape index (κ3) is 2.97. The van der Waals surface area contributed by atoms with Crippen LogP contribution in [0.5, 0.6) is 0 Å².